The van der Waals surface area contributed by atoms with E-state index in [0.29, 0.717) is 28.6 Å². The Morgan fingerprint density at radius 3 is 2.58 bits per heavy atom. The van der Waals surface area contributed by atoms with Gasteiger partial charge in [0.25, 0.3) is 0 Å². The zero-order valence-corrected chi connectivity index (χ0v) is 16.3. The molecule has 0 unspecified atom stereocenters. The summed E-state index contributed by atoms with van der Waals surface area (Å²) >= 11 is 0. The summed E-state index contributed by atoms with van der Waals surface area (Å²) in [5, 5.41) is 0. The van der Waals surface area contributed by atoms with Crippen LogP contribution in [0.5, 0.6) is 0 Å². The summed E-state index contributed by atoms with van der Waals surface area (Å²) in [6, 6.07) is 0. The first kappa shape index (κ1) is 18.2. The van der Waals surface area contributed by atoms with Crippen molar-refractivity contribution in [1.29, 1.82) is 0 Å². The SMILES string of the molecule is CC(C)C1=CC2=CC[C@H]3[C@@](C)(CN)CCC[C@]3(C)[C@@H]2C[C@@H]1CCN. The molecule has 3 aliphatic carbocycles. The molecule has 0 amide bonds. The van der Waals surface area contributed by atoms with Gasteiger partial charge in [0.2, 0.25) is 0 Å². The molecule has 2 nitrogen and oxygen atoms in total. The Bertz CT molecular complexity index is 532. The molecule has 2 heteroatoms. The van der Waals surface area contributed by atoms with Crippen LogP contribution in [-0.2, 0) is 0 Å². The summed E-state index contributed by atoms with van der Waals surface area (Å²) in [4.78, 5) is 0. The van der Waals surface area contributed by atoms with Gasteiger partial charge in [-0.25, -0.2) is 0 Å². The van der Waals surface area contributed by atoms with E-state index in [-0.39, 0.29) is 0 Å². The van der Waals surface area contributed by atoms with Crippen LogP contribution in [-0.4, -0.2) is 13.1 Å². The minimum atomic E-state index is 0.320. The van der Waals surface area contributed by atoms with E-state index >= 15 is 0 Å². The molecule has 0 aromatic heterocycles. The molecule has 1 saturated carbocycles. The Kier molecular flexibility index (Phi) is 5.01. The topological polar surface area (TPSA) is 52.0 Å². The van der Waals surface area contributed by atoms with Crippen LogP contribution in [0, 0.1) is 34.5 Å². The molecule has 0 radical (unpaired) electrons. The van der Waals surface area contributed by atoms with Gasteiger partial charge in [-0.3, -0.25) is 0 Å². The van der Waals surface area contributed by atoms with Crippen molar-refractivity contribution >= 4 is 0 Å². The van der Waals surface area contributed by atoms with E-state index in [1.54, 1.807) is 11.1 Å². The van der Waals surface area contributed by atoms with E-state index in [9.17, 15) is 0 Å². The highest BCUT2D eigenvalue weighted by atomic mass is 14.7. The predicted molar refractivity (Wildman–Crippen MR) is 103 cm³/mol. The third-order valence-electron chi connectivity index (χ3n) is 7.86. The van der Waals surface area contributed by atoms with Crippen LogP contribution in [0.15, 0.2) is 23.3 Å². The number of allylic oxidation sites excluding steroid dienone is 4. The summed E-state index contributed by atoms with van der Waals surface area (Å²) in [6.45, 7) is 11.4. The second kappa shape index (κ2) is 6.61. The zero-order chi connectivity index (χ0) is 17.5. The molecule has 24 heavy (non-hydrogen) atoms. The minimum absolute atomic E-state index is 0.320. The fourth-order valence-electron chi connectivity index (χ4n) is 6.43. The molecular formula is C22H38N2. The zero-order valence-electron chi connectivity index (χ0n) is 16.3. The van der Waals surface area contributed by atoms with Gasteiger partial charge in [0.1, 0.15) is 0 Å². The van der Waals surface area contributed by atoms with Gasteiger partial charge in [0.05, 0.1) is 0 Å². The van der Waals surface area contributed by atoms with Gasteiger partial charge < -0.3 is 11.5 Å². The van der Waals surface area contributed by atoms with Crippen LogP contribution in [0.2, 0.25) is 0 Å². The molecule has 0 aliphatic heterocycles. The number of rotatable bonds is 4. The van der Waals surface area contributed by atoms with Crippen molar-refractivity contribution in [3.63, 3.8) is 0 Å². The molecule has 136 valence electrons. The highest BCUT2D eigenvalue weighted by Gasteiger charge is 2.54. The molecule has 0 bridgehead atoms. The molecule has 0 aromatic carbocycles. The fraction of sp³-hybridized carbons (Fsp3) is 0.818. The lowest BCUT2D eigenvalue weighted by molar-refractivity contribution is -0.0474. The van der Waals surface area contributed by atoms with Crippen molar-refractivity contribution in [3.8, 4) is 0 Å². The van der Waals surface area contributed by atoms with Crippen LogP contribution in [0.3, 0.4) is 0 Å². The lowest BCUT2D eigenvalue weighted by Crippen LogP contribution is -2.53. The van der Waals surface area contributed by atoms with Crippen molar-refractivity contribution in [1.82, 2.24) is 0 Å². The van der Waals surface area contributed by atoms with Crippen LogP contribution in [0.25, 0.3) is 0 Å². The lowest BCUT2D eigenvalue weighted by atomic mass is 9.46. The van der Waals surface area contributed by atoms with Crippen molar-refractivity contribution in [2.24, 2.45) is 46.0 Å². The van der Waals surface area contributed by atoms with Crippen LogP contribution in [0.4, 0.5) is 0 Å². The van der Waals surface area contributed by atoms with Crippen LogP contribution < -0.4 is 11.5 Å². The number of nitrogens with two attached hydrogens (primary N) is 2. The number of fused-ring (bicyclic) bond motifs is 3. The molecule has 5 atom stereocenters. The molecule has 0 heterocycles. The second-order valence-corrected chi connectivity index (χ2v) is 9.57. The Morgan fingerprint density at radius 1 is 1.21 bits per heavy atom. The van der Waals surface area contributed by atoms with Gasteiger partial charge in [0, 0.05) is 0 Å². The standard InChI is InChI=1S/C22H38N2/c1-15(2)18-12-17-6-7-20-21(3,14-24)9-5-10-22(20,4)19(17)13-16(18)8-11-23/h6,12,15-16,19-20H,5,7-11,13-14,23-24H2,1-4H3/t16-,19+,20-,21+,22+/m0/s1. The maximum atomic E-state index is 6.26. The highest BCUT2D eigenvalue weighted by molar-refractivity contribution is 5.36. The van der Waals surface area contributed by atoms with Crippen LogP contribution >= 0.6 is 0 Å². The van der Waals surface area contributed by atoms with E-state index < -0.39 is 0 Å². The molecule has 0 spiro atoms. The van der Waals surface area contributed by atoms with E-state index in [4.69, 9.17) is 11.5 Å². The van der Waals surface area contributed by atoms with Gasteiger partial charge in [-0.2, -0.15) is 0 Å². The fourth-order valence-corrected chi connectivity index (χ4v) is 6.43. The second-order valence-electron chi connectivity index (χ2n) is 9.57. The first-order valence-electron chi connectivity index (χ1n) is 10.2. The Hall–Kier alpha value is -0.600. The predicted octanol–water partition coefficient (Wildman–Crippen LogP) is 4.66. The van der Waals surface area contributed by atoms with E-state index in [1.165, 1.54) is 32.1 Å². The van der Waals surface area contributed by atoms with Gasteiger partial charge in [-0.1, -0.05) is 51.8 Å². The number of hydrogen-bond donors (Lipinski definition) is 2. The van der Waals surface area contributed by atoms with Crippen molar-refractivity contribution in [2.75, 3.05) is 13.1 Å². The summed E-state index contributed by atoms with van der Waals surface area (Å²) in [7, 11) is 0. The van der Waals surface area contributed by atoms with E-state index in [0.717, 1.165) is 25.4 Å². The third-order valence-corrected chi connectivity index (χ3v) is 7.86. The summed E-state index contributed by atoms with van der Waals surface area (Å²) in [5.74, 6) is 2.76. The maximum absolute atomic E-state index is 6.26. The van der Waals surface area contributed by atoms with Crippen LogP contribution in [0.1, 0.15) is 66.2 Å². The first-order valence-corrected chi connectivity index (χ1v) is 10.2. The average molecular weight is 331 g/mol. The lowest BCUT2D eigenvalue weighted by Gasteiger charge is -2.59. The minimum Gasteiger partial charge on any atom is -0.330 e. The molecule has 0 aromatic rings. The Labute approximate surface area is 149 Å². The molecule has 1 fully saturated rings. The van der Waals surface area contributed by atoms with Gasteiger partial charge in [0.15, 0.2) is 0 Å². The molecule has 3 aliphatic rings. The molecule has 0 saturated heterocycles. The Balaban J connectivity index is 1.99. The summed E-state index contributed by atoms with van der Waals surface area (Å²) < 4.78 is 0. The summed E-state index contributed by atoms with van der Waals surface area (Å²) in [6.07, 6.45) is 12.8. The van der Waals surface area contributed by atoms with Crippen molar-refractivity contribution < 1.29 is 0 Å². The molecular weight excluding hydrogens is 292 g/mol. The van der Waals surface area contributed by atoms with Gasteiger partial charge in [-0.05, 0) is 85.3 Å². The Morgan fingerprint density at radius 2 is 1.96 bits per heavy atom. The summed E-state index contributed by atoms with van der Waals surface area (Å²) in [5.41, 5.74) is 16.2. The monoisotopic (exact) mass is 330 g/mol. The van der Waals surface area contributed by atoms with Gasteiger partial charge >= 0.3 is 0 Å². The number of hydrogen-bond acceptors (Lipinski definition) is 2. The molecule has 3 rings (SSSR count). The smallest absolute Gasteiger partial charge is 0.00202 e. The van der Waals surface area contributed by atoms with Crippen molar-refractivity contribution in [2.45, 2.75) is 66.2 Å². The maximum Gasteiger partial charge on any atom is -0.00202 e. The highest BCUT2D eigenvalue weighted by Crippen LogP contribution is 2.62. The first-order chi connectivity index (χ1) is 11.4. The molecule has 4 N–H and O–H groups in total. The van der Waals surface area contributed by atoms with E-state index in [1.807, 2.05) is 0 Å². The van der Waals surface area contributed by atoms with Gasteiger partial charge in [-0.15, -0.1) is 0 Å². The largest absolute Gasteiger partial charge is 0.330 e. The third kappa shape index (κ3) is 2.80. The average Bonchev–Trinajstić information content (AvgIpc) is 2.54. The van der Waals surface area contributed by atoms with Crippen molar-refractivity contribution in [3.05, 3.63) is 23.3 Å². The van der Waals surface area contributed by atoms with E-state index in [2.05, 4.69) is 39.8 Å². The normalized spacial score (nSPS) is 42.2. The quantitative estimate of drug-likeness (QED) is 0.788.